The normalized spacial score (nSPS) is 13.7. The first-order valence-corrected chi connectivity index (χ1v) is 11.5. The number of aromatic nitrogens is 2. The van der Waals surface area contributed by atoms with Gasteiger partial charge in [-0.1, -0.05) is 0 Å². The Morgan fingerprint density at radius 1 is 1.00 bits per heavy atom. The minimum atomic E-state index is -0.456. The third kappa shape index (κ3) is 4.70. The molecular weight excluding hydrogens is 455 g/mol. The van der Waals surface area contributed by atoms with Gasteiger partial charge in [0.1, 0.15) is 17.6 Å². The Bertz CT molecular complexity index is 1530. The Kier molecular flexibility index (Phi) is 6.25. The SMILES string of the molecule is N#Cc1cc(F)cc(-c2cc(NC3CCN(C(=O)c4ccc(C#N)nc4)CC3)c3cnccc3c2)c1. The molecule has 0 saturated carbocycles. The van der Waals surface area contributed by atoms with E-state index in [1.165, 1.54) is 18.3 Å². The monoisotopic (exact) mass is 476 g/mol. The van der Waals surface area contributed by atoms with Gasteiger partial charge >= 0.3 is 0 Å². The maximum Gasteiger partial charge on any atom is 0.255 e. The van der Waals surface area contributed by atoms with E-state index in [2.05, 4.69) is 15.3 Å². The summed E-state index contributed by atoms with van der Waals surface area (Å²) in [6, 6.07) is 17.4. The van der Waals surface area contributed by atoms with Crippen LogP contribution in [0.2, 0.25) is 0 Å². The number of nitriles is 2. The van der Waals surface area contributed by atoms with Crippen LogP contribution in [0.3, 0.4) is 0 Å². The molecule has 0 spiro atoms. The van der Waals surface area contributed by atoms with Crippen LogP contribution < -0.4 is 5.32 Å². The van der Waals surface area contributed by atoms with Crippen molar-refractivity contribution < 1.29 is 9.18 Å². The molecular formula is C28H21FN6O. The van der Waals surface area contributed by atoms with Gasteiger partial charge in [0.15, 0.2) is 0 Å². The molecule has 36 heavy (non-hydrogen) atoms. The van der Waals surface area contributed by atoms with E-state index >= 15 is 0 Å². The molecule has 1 saturated heterocycles. The van der Waals surface area contributed by atoms with Crippen molar-refractivity contribution in [3.8, 4) is 23.3 Å². The third-order valence-corrected chi connectivity index (χ3v) is 6.38. The van der Waals surface area contributed by atoms with Crippen molar-refractivity contribution in [3.63, 3.8) is 0 Å². The predicted octanol–water partition coefficient (Wildman–Crippen LogP) is 4.90. The Labute approximate surface area is 207 Å². The molecule has 1 aliphatic heterocycles. The number of nitrogens with zero attached hydrogens (tertiary/aromatic N) is 5. The lowest BCUT2D eigenvalue weighted by Crippen LogP contribution is -2.42. The number of carbonyl (C=O) groups is 1. The van der Waals surface area contributed by atoms with Gasteiger partial charge in [0.25, 0.3) is 5.91 Å². The maximum atomic E-state index is 14.1. The largest absolute Gasteiger partial charge is 0.382 e. The topological polar surface area (TPSA) is 106 Å². The Balaban J connectivity index is 1.35. The molecule has 0 atom stereocenters. The summed E-state index contributed by atoms with van der Waals surface area (Å²) in [6.07, 6.45) is 6.45. The second kappa shape index (κ2) is 9.81. The van der Waals surface area contributed by atoms with Crippen LogP contribution in [0.25, 0.3) is 21.9 Å². The van der Waals surface area contributed by atoms with Gasteiger partial charge in [-0.25, -0.2) is 9.37 Å². The molecule has 1 N–H and O–H groups in total. The highest BCUT2D eigenvalue weighted by Crippen LogP contribution is 2.33. The predicted molar refractivity (Wildman–Crippen MR) is 133 cm³/mol. The molecule has 176 valence electrons. The smallest absolute Gasteiger partial charge is 0.255 e. The van der Waals surface area contributed by atoms with E-state index in [0.29, 0.717) is 24.2 Å². The molecule has 2 aromatic heterocycles. The fraction of sp³-hybridized carbons (Fsp3) is 0.179. The number of halogens is 1. The second-order valence-electron chi connectivity index (χ2n) is 8.72. The highest BCUT2D eigenvalue weighted by molar-refractivity contribution is 5.97. The van der Waals surface area contributed by atoms with E-state index in [1.807, 2.05) is 30.3 Å². The molecule has 1 amide bonds. The summed E-state index contributed by atoms with van der Waals surface area (Å²) in [5, 5.41) is 23.7. The number of fused-ring (bicyclic) bond motifs is 1. The number of carbonyl (C=O) groups excluding carboxylic acids is 1. The van der Waals surface area contributed by atoms with E-state index in [9.17, 15) is 14.4 Å². The van der Waals surface area contributed by atoms with Gasteiger partial charge < -0.3 is 10.2 Å². The number of hydrogen-bond donors (Lipinski definition) is 1. The highest BCUT2D eigenvalue weighted by atomic mass is 19.1. The first-order chi connectivity index (χ1) is 17.5. The number of rotatable bonds is 4. The molecule has 7 nitrogen and oxygen atoms in total. The number of piperidine rings is 1. The molecule has 1 aliphatic rings. The molecule has 5 rings (SSSR count). The van der Waals surface area contributed by atoms with Gasteiger partial charge in [-0.05, 0) is 77.9 Å². The maximum absolute atomic E-state index is 14.1. The van der Waals surface area contributed by atoms with Gasteiger partial charge in [0.2, 0.25) is 0 Å². The van der Waals surface area contributed by atoms with Gasteiger partial charge in [-0.15, -0.1) is 0 Å². The molecule has 4 aromatic rings. The number of amides is 1. The van der Waals surface area contributed by atoms with Gasteiger partial charge in [0.05, 0.1) is 17.2 Å². The van der Waals surface area contributed by atoms with Crippen molar-refractivity contribution in [2.45, 2.75) is 18.9 Å². The van der Waals surface area contributed by atoms with E-state index in [1.54, 1.807) is 35.5 Å². The third-order valence-electron chi connectivity index (χ3n) is 6.38. The van der Waals surface area contributed by atoms with Crippen molar-refractivity contribution in [2.24, 2.45) is 0 Å². The number of nitrogens with one attached hydrogen (secondary N) is 1. The van der Waals surface area contributed by atoms with Crippen LogP contribution in [0.5, 0.6) is 0 Å². The Morgan fingerprint density at radius 3 is 2.53 bits per heavy atom. The lowest BCUT2D eigenvalue weighted by molar-refractivity contribution is 0.0718. The van der Waals surface area contributed by atoms with Gasteiger partial charge in [-0.2, -0.15) is 10.5 Å². The minimum absolute atomic E-state index is 0.0958. The van der Waals surface area contributed by atoms with E-state index in [-0.39, 0.29) is 23.2 Å². The zero-order valence-electron chi connectivity index (χ0n) is 19.3. The molecule has 0 unspecified atom stereocenters. The summed E-state index contributed by atoms with van der Waals surface area (Å²) in [7, 11) is 0. The Hall–Kier alpha value is -4.82. The minimum Gasteiger partial charge on any atom is -0.382 e. The quantitative estimate of drug-likeness (QED) is 0.449. The van der Waals surface area contributed by atoms with Gasteiger partial charge in [0, 0.05) is 48.8 Å². The fourth-order valence-corrected chi connectivity index (χ4v) is 4.52. The molecule has 8 heteroatoms. The van der Waals surface area contributed by atoms with Crippen molar-refractivity contribution in [1.29, 1.82) is 10.5 Å². The van der Waals surface area contributed by atoms with E-state index < -0.39 is 5.82 Å². The van der Waals surface area contributed by atoms with Crippen LogP contribution in [-0.2, 0) is 0 Å². The number of hydrogen-bond acceptors (Lipinski definition) is 6. The lowest BCUT2D eigenvalue weighted by Gasteiger charge is -2.33. The summed E-state index contributed by atoms with van der Waals surface area (Å²) in [5.41, 5.74) is 3.32. The number of anilines is 1. The van der Waals surface area contributed by atoms with Crippen LogP contribution >= 0.6 is 0 Å². The van der Waals surface area contributed by atoms with E-state index in [4.69, 9.17) is 5.26 Å². The van der Waals surface area contributed by atoms with Crippen molar-refractivity contribution in [3.05, 3.63) is 89.8 Å². The van der Waals surface area contributed by atoms with Crippen LogP contribution in [0.15, 0.2) is 67.1 Å². The average Bonchev–Trinajstić information content (AvgIpc) is 2.92. The second-order valence-corrected chi connectivity index (χ2v) is 8.72. The number of pyridine rings is 2. The summed E-state index contributed by atoms with van der Waals surface area (Å²) >= 11 is 0. The number of benzene rings is 2. The standard InChI is InChI=1S/C28H21FN6O/c29-23-10-18(14-30)9-21(12-23)22-11-19-3-6-32-17-26(19)27(13-22)34-24-4-7-35(8-5-24)28(36)20-1-2-25(15-31)33-16-20/h1-3,6,9-13,16-17,24,34H,4-5,7-8H2. The van der Waals surface area contributed by atoms with Crippen LogP contribution in [0.4, 0.5) is 10.1 Å². The van der Waals surface area contributed by atoms with Crippen molar-refractivity contribution >= 4 is 22.4 Å². The molecule has 1 fully saturated rings. The van der Waals surface area contributed by atoms with Crippen LogP contribution in [0.1, 0.15) is 34.5 Å². The average molecular weight is 477 g/mol. The molecule has 0 radical (unpaired) electrons. The lowest BCUT2D eigenvalue weighted by atomic mass is 9.98. The highest BCUT2D eigenvalue weighted by Gasteiger charge is 2.24. The fourth-order valence-electron chi connectivity index (χ4n) is 4.52. The van der Waals surface area contributed by atoms with Crippen molar-refractivity contribution in [2.75, 3.05) is 18.4 Å². The first kappa shape index (κ1) is 22.9. The zero-order valence-corrected chi connectivity index (χ0v) is 19.3. The summed E-state index contributed by atoms with van der Waals surface area (Å²) < 4.78 is 14.1. The summed E-state index contributed by atoms with van der Waals surface area (Å²) in [5.74, 6) is -0.552. The number of likely N-dealkylation sites (tertiary alicyclic amines) is 1. The first-order valence-electron chi connectivity index (χ1n) is 11.5. The summed E-state index contributed by atoms with van der Waals surface area (Å²) in [4.78, 5) is 22.9. The molecule has 0 bridgehead atoms. The molecule has 0 aliphatic carbocycles. The van der Waals surface area contributed by atoms with E-state index in [0.717, 1.165) is 34.9 Å². The zero-order chi connectivity index (χ0) is 25.1. The van der Waals surface area contributed by atoms with Gasteiger partial charge in [-0.3, -0.25) is 9.78 Å². The van der Waals surface area contributed by atoms with Crippen molar-refractivity contribution in [1.82, 2.24) is 14.9 Å². The molecule has 3 heterocycles. The summed E-state index contributed by atoms with van der Waals surface area (Å²) in [6.45, 7) is 1.17. The van der Waals surface area contributed by atoms with Crippen LogP contribution in [0, 0.1) is 28.5 Å². The Morgan fingerprint density at radius 2 is 1.81 bits per heavy atom. The van der Waals surface area contributed by atoms with Crippen LogP contribution in [-0.4, -0.2) is 39.9 Å². The molecule has 2 aromatic carbocycles.